The third kappa shape index (κ3) is 5.14. The molecule has 11 rings (SSSR count). The largest absolute Gasteiger partial charge is 0.330 e. The second-order valence-electron chi connectivity index (χ2n) is 14.6. The first kappa shape index (κ1) is 31.5. The normalized spacial score (nSPS) is 15.1. The van der Waals surface area contributed by atoms with Gasteiger partial charge in [-0.1, -0.05) is 182 Å². The summed E-state index contributed by atoms with van der Waals surface area (Å²) in [6.07, 6.45) is 6.57. The quantitative estimate of drug-likeness (QED) is 0.163. The van der Waals surface area contributed by atoms with Crippen LogP contribution < -0.4 is 0 Å². The Hall–Kier alpha value is -7.03. The summed E-state index contributed by atoms with van der Waals surface area (Å²) < 4.78 is 0. The molecule has 0 N–H and O–H groups in total. The highest BCUT2D eigenvalue weighted by atomic mass is 15.2. The Morgan fingerprint density at radius 2 is 0.745 bits per heavy atom. The highest BCUT2D eigenvalue weighted by molar-refractivity contribution is 6.29. The first-order chi connectivity index (χ1) is 27.3. The van der Waals surface area contributed by atoms with Crippen molar-refractivity contribution in [2.24, 2.45) is 4.99 Å². The van der Waals surface area contributed by atoms with Gasteiger partial charge in [-0.25, -0.2) is 0 Å². The molecule has 0 saturated carbocycles. The van der Waals surface area contributed by atoms with Crippen LogP contribution in [0.25, 0.3) is 82.0 Å². The van der Waals surface area contributed by atoms with Crippen LogP contribution in [0.5, 0.6) is 0 Å². The number of benzene rings is 9. The number of hydrogen-bond donors (Lipinski definition) is 0. The van der Waals surface area contributed by atoms with Crippen molar-refractivity contribution in [3.05, 3.63) is 211 Å². The van der Waals surface area contributed by atoms with E-state index in [0.29, 0.717) is 0 Å². The van der Waals surface area contributed by atoms with Gasteiger partial charge in [0.2, 0.25) is 0 Å². The lowest BCUT2D eigenvalue weighted by atomic mass is 9.81. The zero-order valence-electron chi connectivity index (χ0n) is 30.2. The number of rotatable bonds is 5. The number of allylic oxidation sites excluding steroid dienone is 2. The SMILES string of the molecule is C1=CC2=NC(c3ccc(-c4c5ccccc5c(-c5c6ccccc6c(-c6ccccc6)c6ccccc56)c5ccccc45)cc3)CN2C=C1c1ccccc1. The lowest BCUT2D eigenvalue weighted by Gasteiger charge is -2.22. The fraction of sp³-hybridized carbons (Fsp3) is 0.0377. The minimum atomic E-state index is 0.0800. The van der Waals surface area contributed by atoms with Gasteiger partial charge >= 0.3 is 0 Å². The highest BCUT2D eigenvalue weighted by Crippen LogP contribution is 2.50. The van der Waals surface area contributed by atoms with Crippen LogP contribution in [0, 0.1) is 0 Å². The molecule has 1 unspecified atom stereocenters. The van der Waals surface area contributed by atoms with Crippen LogP contribution in [-0.4, -0.2) is 17.3 Å². The second-order valence-corrected chi connectivity index (χ2v) is 14.6. The second kappa shape index (κ2) is 12.8. The van der Waals surface area contributed by atoms with Crippen molar-refractivity contribution in [3.63, 3.8) is 0 Å². The van der Waals surface area contributed by atoms with Gasteiger partial charge in [-0.3, -0.25) is 4.99 Å². The van der Waals surface area contributed by atoms with Crippen LogP contribution in [-0.2, 0) is 0 Å². The Morgan fingerprint density at radius 3 is 1.20 bits per heavy atom. The minimum Gasteiger partial charge on any atom is -0.330 e. The predicted octanol–water partition coefficient (Wildman–Crippen LogP) is 13.7. The van der Waals surface area contributed by atoms with E-state index in [1.807, 2.05) is 0 Å². The van der Waals surface area contributed by atoms with Crippen molar-refractivity contribution in [2.45, 2.75) is 6.04 Å². The molecule has 1 atom stereocenters. The van der Waals surface area contributed by atoms with E-state index in [9.17, 15) is 0 Å². The summed E-state index contributed by atoms with van der Waals surface area (Å²) in [5, 5.41) is 10.1. The molecule has 2 heteroatoms. The van der Waals surface area contributed by atoms with Gasteiger partial charge in [-0.05, 0) is 105 Å². The highest BCUT2D eigenvalue weighted by Gasteiger charge is 2.27. The molecule has 2 aliphatic heterocycles. The molecule has 9 aromatic rings. The van der Waals surface area contributed by atoms with E-state index < -0.39 is 0 Å². The van der Waals surface area contributed by atoms with Crippen molar-refractivity contribution in [2.75, 3.05) is 6.54 Å². The molecular formula is C53H36N2. The van der Waals surface area contributed by atoms with Gasteiger partial charge in [0.05, 0.1) is 12.6 Å². The van der Waals surface area contributed by atoms with Crippen molar-refractivity contribution in [1.29, 1.82) is 0 Å². The van der Waals surface area contributed by atoms with Gasteiger partial charge in [0.15, 0.2) is 0 Å². The van der Waals surface area contributed by atoms with E-state index >= 15 is 0 Å². The summed E-state index contributed by atoms with van der Waals surface area (Å²) >= 11 is 0. The van der Waals surface area contributed by atoms with Crippen molar-refractivity contribution >= 4 is 54.5 Å². The molecule has 9 aromatic carbocycles. The van der Waals surface area contributed by atoms with Gasteiger partial charge in [0.1, 0.15) is 5.84 Å². The Kier molecular flexibility index (Phi) is 7.34. The summed E-state index contributed by atoms with van der Waals surface area (Å²) in [5.41, 5.74) is 11.2. The van der Waals surface area contributed by atoms with Crippen molar-refractivity contribution in [3.8, 4) is 33.4 Å². The minimum absolute atomic E-state index is 0.0800. The number of nitrogens with zero attached hydrogens (tertiary/aromatic N) is 2. The molecule has 0 amide bonds. The van der Waals surface area contributed by atoms with Gasteiger partial charge in [0, 0.05) is 6.20 Å². The number of aliphatic imine (C=N–C) groups is 1. The van der Waals surface area contributed by atoms with Gasteiger partial charge < -0.3 is 4.90 Å². The fourth-order valence-electron chi connectivity index (χ4n) is 9.06. The molecule has 0 bridgehead atoms. The van der Waals surface area contributed by atoms with Gasteiger partial charge in [0.25, 0.3) is 0 Å². The monoisotopic (exact) mass is 700 g/mol. The standard InChI is InChI=1S/C53H36N2/c1-3-15-35(16-4-1)39-31-32-49-54-48(34-55(49)33-39)36-27-29-38(30-28-36)51-42-21-9-13-25-46(42)53(47-26-14-10-22-43(47)51)52-44-23-11-7-19-40(44)50(37-17-5-2-6-18-37)41-20-8-12-24-45(41)52/h1-33,48H,34H2. The first-order valence-corrected chi connectivity index (χ1v) is 19.1. The molecule has 2 heterocycles. The molecule has 55 heavy (non-hydrogen) atoms. The smallest absolute Gasteiger partial charge is 0.128 e. The average molecular weight is 701 g/mol. The summed E-state index contributed by atoms with van der Waals surface area (Å²) in [7, 11) is 0. The molecule has 0 radical (unpaired) electrons. The summed E-state index contributed by atoms with van der Waals surface area (Å²) in [5.74, 6) is 1.03. The summed E-state index contributed by atoms with van der Waals surface area (Å²) in [6.45, 7) is 0.834. The third-order valence-corrected chi connectivity index (χ3v) is 11.5. The Balaban J connectivity index is 1.07. The van der Waals surface area contributed by atoms with E-state index in [1.165, 1.54) is 93.2 Å². The lowest BCUT2D eigenvalue weighted by Crippen LogP contribution is -2.23. The van der Waals surface area contributed by atoms with Crippen LogP contribution in [0.2, 0.25) is 0 Å². The van der Waals surface area contributed by atoms with Crippen LogP contribution in [0.4, 0.5) is 0 Å². The van der Waals surface area contributed by atoms with Gasteiger partial charge in [-0.15, -0.1) is 0 Å². The van der Waals surface area contributed by atoms with Crippen LogP contribution in [0.3, 0.4) is 0 Å². The topological polar surface area (TPSA) is 15.6 Å². The van der Waals surface area contributed by atoms with Crippen LogP contribution >= 0.6 is 0 Å². The molecule has 0 saturated heterocycles. The van der Waals surface area contributed by atoms with Crippen LogP contribution in [0.1, 0.15) is 17.2 Å². The zero-order valence-corrected chi connectivity index (χ0v) is 30.2. The number of amidine groups is 1. The Morgan fingerprint density at radius 1 is 0.364 bits per heavy atom. The van der Waals surface area contributed by atoms with Gasteiger partial charge in [-0.2, -0.15) is 0 Å². The fourth-order valence-corrected chi connectivity index (χ4v) is 9.06. The third-order valence-electron chi connectivity index (χ3n) is 11.5. The summed E-state index contributed by atoms with van der Waals surface area (Å²) in [4.78, 5) is 7.43. The Labute approximate surface area is 320 Å². The lowest BCUT2D eigenvalue weighted by molar-refractivity contribution is 0.552. The molecular weight excluding hydrogens is 665 g/mol. The maximum atomic E-state index is 5.14. The van der Waals surface area contributed by atoms with E-state index in [2.05, 4.69) is 205 Å². The van der Waals surface area contributed by atoms with Crippen LogP contribution in [0.15, 0.2) is 205 Å². The van der Waals surface area contributed by atoms with Crippen molar-refractivity contribution < 1.29 is 0 Å². The molecule has 258 valence electrons. The maximum Gasteiger partial charge on any atom is 0.128 e. The maximum absolute atomic E-state index is 5.14. The van der Waals surface area contributed by atoms with E-state index in [4.69, 9.17) is 4.99 Å². The van der Waals surface area contributed by atoms with E-state index in [0.717, 1.165) is 12.4 Å². The molecule has 2 nitrogen and oxygen atoms in total. The van der Waals surface area contributed by atoms with E-state index in [-0.39, 0.29) is 6.04 Å². The summed E-state index contributed by atoms with van der Waals surface area (Å²) in [6, 6.07) is 66.6. The van der Waals surface area contributed by atoms with E-state index in [1.54, 1.807) is 0 Å². The zero-order chi connectivity index (χ0) is 36.3. The molecule has 2 aliphatic rings. The van der Waals surface area contributed by atoms with Crippen molar-refractivity contribution in [1.82, 2.24) is 4.90 Å². The Bertz CT molecular complexity index is 2930. The predicted molar refractivity (Wildman–Crippen MR) is 233 cm³/mol. The average Bonchev–Trinajstić information content (AvgIpc) is 3.69. The molecule has 0 spiro atoms. The molecule has 0 aromatic heterocycles. The number of hydrogen-bond acceptors (Lipinski definition) is 2. The molecule has 0 fully saturated rings. The molecule has 0 aliphatic carbocycles. The first-order valence-electron chi connectivity index (χ1n) is 19.1. The number of fused-ring (bicyclic) bond motifs is 5.